The van der Waals surface area contributed by atoms with Gasteiger partial charge >= 0.3 is 0 Å². The number of aldehydes is 1. The van der Waals surface area contributed by atoms with Crippen molar-refractivity contribution in [1.82, 2.24) is 9.97 Å². The SMILES string of the molecule is O=Cc1ncc(-c2ccncc2)cc1Cl. The van der Waals surface area contributed by atoms with E-state index in [0.29, 0.717) is 11.3 Å². The molecule has 0 radical (unpaired) electrons. The zero-order valence-electron chi connectivity index (χ0n) is 7.72. The zero-order chi connectivity index (χ0) is 10.7. The van der Waals surface area contributed by atoms with Crippen LogP contribution in [0.25, 0.3) is 11.1 Å². The third-order valence-electron chi connectivity index (χ3n) is 1.99. The molecule has 2 aromatic heterocycles. The van der Waals surface area contributed by atoms with Gasteiger partial charge in [0.2, 0.25) is 0 Å². The molecule has 2 rings (SSSR count). The molecule has 0 N–H and O–H groups in total. The van der Waals surface area contributed by atoms with Gasteiger partial charge < -0.3 is 0 Å². The maximum absolute atomic E-state index is 10.5. The molecule has 2 heterocycles. The molecule has 15 heavy (non-hydrogen) atoms. The van der Waals surface area contributed by atoms with Crippen LogP contribution in [0.3, 0.4) is 0 Å². The molecule has 0 saturated carbocycles. The van der Waals surface area contributed by atoms with E-state index in [-0.39, 0.29) is 5.69 Å². The van der Waals surface area contributed by atoms with Crippen molar-refractivity contribution in [2.45, 2.75) is 0 Å². The predicted octanol–water partition coefficient (Wildman–Crippen LogP) is 2.61. The first-order chi connectivity index (χ1) is 7.31. The van der Waals surface area contributed by atoms with Gasteiger partial charge in [0.05, 0.1) is 5.02 Å². The maximum Gasteiger partial charge on any atom is 0.169 e. The standard InChI is InChI=1S/C11H7ClN2O/c12-10-5-9(6-14-11(10)7-15)8-1-3-13-4-2-8/h1-7H. The third kappa shape index (κ3) is 2.02. The Morgan fingerprint density at radius 2 is 1.93 bits per heavy atom. The van der Waals surface area contributed by atoms with Crippen LogP contribution in [0.1, 0.15) is 10.5 Å². The Morgan fingerprint density at radius 3 is 2.53 bits per heavy atom. The molecule has 0 atom stereocenters. The molecular weight excluding hydrogens is 212 g/mol. The van der Waals surface area contributed by atoms with E-state index in [2.05, 4.69) is 9.97 Å². The van der Waals surface area contributed by atoms with Crippen molar-refractivity contribution in [3.8, 4) is 11.1 Å². The Labute approximate surface area is 91.8 Å². The summed E-state index contributed by atoms with van der Waals surface area (Å²) in [5.41, 5.74) is 2.10. The van der Waals surface area contributed by atoms with Crippen LogP contribution in [0, 0.1) is 0 Å². The predicted molar refractivity (Wildman–Crippen MR) is 57.9 cm³/mol. The summed E-state index contributed by atoms with van der Waals surface area (Å²) in [5, 5.41) is 0.360. The highest BCUT2D eigenvalue weighted by Crippen LogP contribution is 2.22. The number of rotatable bonds is 2. The number of aromatic nitrogens is 2. The summed E-state index contributed by atoms with van der Waals surface area (Å²) in [4.78, 5) is 18.4. The molecule has 74 valence electrons. The van der Waals surface area contributed by atoms with Crippen LogP contribution in [0.15, 0.2) is 36.8 Å². The minimum absolute atomic E-state index is 0.259. The Morgan fingerprint density at radius 1 is 1.20 bits per heavy atom. The average molecular weight is 219 g/mol. The third-order valence-corrected chi connectivity index (χ3v) is 2.30. The molecule has 0 aliphatic rings. The van der Waals surface area contributed by atoms with Crippen LogP contribution in [0.2, 0.25) is 5.02 Å². The van der Waals surface area contributed by atoms with E-state index in [1.54, 1.807) is 24.7 Å². The number of halogens is 1. The molecule has 0 aromatic carbocycles. The quantitative estimate of drug-likeness (QED) is 0.728. The van der Waals surface area contributed by atoms with Gasteiger partial charge in [-0.05, 0) is 23.8 Å². The smallest absolute Gasteiger partial charge is 0.169 e. The lowest BCUT2D eigenvalue weighted by atomic mass is 10.1. The van der Waals surface area contributed by atoms with Gasteiger partial charge in [-0.15, -0.1) is 0 Å². The second-order valence-corrected chi connectivity index (χ2v) is 3.35. The van der Waals surface area contributed by atoms with Gasteiger partial charge in [-0.2, -0.15) is 0 Å². The van der Waals surface area contributed by atoms with E-state index in [1.165, 1.54) is 0 Å². The van der Waals surface area contributed by atoms with Gasteiger partial charge in [0.1, 0.15) is 5.69 Å². The first-order valence-electron chi connectivity index (χ1n) is 4.32. The Hall–Kier alpha value is -1.74. The van der Waals surface area contributed by atoms with Gasteiger partial charge in [0, 0.05) is 24.2 Å². The van der Waals surface area contributed by atoms with Crippen LogP contribution in [0.4, 0.5) is 0 Å². The zero-order valence-corrected chi connectivity index (χ0v) is 8.48. The summed E-state index contributed by atoms with van der Waals surface area (Å²) in [6.07, 6.45) is 5.64. The highest BCUT2D eigenvalue weighted by molar-refractivity contribution is 6.32. The molecule has 0 spiro atoms. The molecule has 2 aromatic rings. The average Bonchev–Trinajstić information content (AvgIpc) is 2.30. The van der Waals surface area contributed by atoms with E-state index in [4.69, 9.17) is 11.6 Å². The van der Waals surface area contributed by atoms with E-state index in [9.17, 15) is 4.79 Å². The summed E-state index contributed by atoms with van der Waals surface area (Å²) in [5.74, 6) is 0. The number of pyridine rings is 2. The summed E-state index contributed by atoms with van der Waals surface area (Å²) in [7, 11) is 0. The lowest BCUT2D eigenvalue weighted by Crippen LogP contribution is -1.89. The van der Waals surface area contributed by atoms with Gasteiger partial charge in [-0.1, -0.05) is 11.6 Å². The molecule has 0 amide bonds. The van der Waals surface area contributed by atoms with Gasteiger partial charge in [-0.25, -0.2) is 0 Å². The molecule has 0 bridgehead atoms. The molecule has 3 nitrogen and oxygen atoms in total. The second kappa shape index (κ2) is 4.19. The van der Waals surface area contributed by atoms with E-state index in [0.717, 1.165) is 11.1 Å². The van der Waals surface area contributed by atoms with Crippen LogP contribution in [-0.4, -0.2) is 16.3 Å². The van der Waals surface area contributed by atoms with Crippen molar-refractivity contribution < 1.29 is 4.79 Å². The van der Waals surface area contributed by atoms with Crippen molar-refractivity contribution in [2.24, 2.45) is 0 Å². The Bertz CT molecular complexity index is 485. The van der Waals surface area contributed by atoms with Crippen molar-refractivity contribution in [2.75, 3.05) is 0 Å². The van der Waals surface area contributed by atoms with E-state index >= 15 is 0 Å². The number of hydrogen-bond acceptors (Lipinski definition) is 3. The molecule has 4 heteroatoms. The highest BCUT2D eigenvalue weighted by Gasteiger charge is 2.03. The monoisotopic (exact) mass is 218 g/mol. The van der Waals surface area contributed by atoms with Gasteiger partial charge in [0.15, 0.2) is 6.29 Å². The largest absolute Gasteiger partial charge is 0.296 e. The fourth-order valence-electron chi connectivity index (χ4n) is 1.24. The summed E-state index contributed by atoms with van der Waals surface area (Å²) < 4.78 is 0. The summed E-state index contributed by atoms with van der Waals surface area (Å²) in [6, 6.07) is 5.43. The van der Waals surface area contributed by atoms with E-state index in [1.807, 2.05) is 12.1 Å². The topological polar surface area (TPSA) is 42.9 Å². The number of carbonyl (C=O) groups excluding carboxylic acids is 1. The molecular formula is C11H7ClN2O. The molecule has 0 aliphatic carbocycles. The minimum atomic E-state index is 0.259. The van der Waals surface area contributed by atoms with Gasteiger partial charge in [0.25, 0.3) is 0 Å². The van der Waals surface area contributed by atoms with Crippen molar-refractivity contribution in [3.63, 3.8) is 0 Å². The normalized spacial score (nSPS) is 9.93. The number of nitrogens with zero attached hydrogens (tertiary/aromatic N) is 2. The first kappa shape index (κ1) is 9.80. The Kier molecular flexibility index (Phi) is 2.74. The van der Waals surface area contributed by atoms with Crippen molar-refractivity contribution in [3.05, 3.63) is 47.5 Å². The fourth-order valence-corrected chi connectivity index (χ4v) is 1.45. The van der Waals surface area contributed by atoms with E-state index < -0.39 is 0 Å². The molecule has 0 aliphatic heterocycles. The first-order valence-corrected chi connectivity index (χ1v) is 4.70. The number of hydrogen-bond donors (Lipinski definition) is 0. The number of carbonyl (C=O) groups is 1. The summed E-state index contributed by atoms with van der Waals surface area (Å²) in [6.45, 7) is 0. The van der Waals surface area contributed by atoms with Crippen LogP contribution in [0.5, 0.6) is 0 Å². The van der Waals surface area contributed by atoms with Crippen molar-refractivity contribution in [1.29, 1.82) is 0 Å². The lowest BCUT2D eigenvalue weighted by Gasteiger charge is -2.01. The highest BCUT2D eigenvalue weighted by atomic mass is 35.5. The van der Waals surface area contributed by atoms with Crippen LogP contribution < -0.4 is 0 Å². The second-order valence-electron chi connectivity index (χ2n) is 2.94. The summed E-state index contributed by atoms with van der Waals surface area (Å²) >= 11 is 5.87. The van der Waals surface area contributed by atoms with Gasteiger partial charge in [-0.3, -0.25) is 14.8 Å². The minimum Gasteiger partial charge on any atom is -0.296 e. The lowest BCUT2D eigenvalue weighted by molar-refractivity contribution is 0.111. The van der Waals surface area contributed by atoms with Crippen LogP contribution >= 0.6 is 11.6 Å². The fraction of sp³-hybridized carbons (Fsp3) is 0. The Balaban J connectivity index is 2.47. The molecule has 0 saturated heterocycles. The molecule has 0 unspecified atom stereocenters. The maximum atomic E-state index is 10.5. The van der Waals surface area contributed by atoms with Crippen molar-refractivity contribution >= 4 is 17.9 Å². The van der Waals surface area contributed by atoms with Crippen LogP contribution in [-0.2, 0) is 0 Å². The molecule has 0 fully saturated rings.